The Balaban J connectivity index is 1.66. The van der Waals surface area contributed by atoms with Crippen LogP contribution in [0.5, 0.6) is 5.75 Å². The number of rotatable bonds is 6. The minimum atomic E-state index is -0.0848. The number of hydrogen-bond acceptors (Lipinski definition) is 3. The molecule has 0 spiro atoms. The maximum atomic E-state index is 11.5. The summed E-state index contributed by atoms with van der Waals surface area (Å²) < 4.78 is 5.43. The molecule has 1 aromatic carbocycles. The van der Waals surface area contributed by atoms with Gasteiger partial charge in [0.2, 0.25) is 5.91 Å². The number of hydrogen-bond donors (Lipinski definition) is 2. The molecule has 5 nitrogen and oxygen atoms in total. The highest BCUT2D eigenvalue weighted by Crippen LogP contribution is 2.17. The molecule has 0 atom stereocenters. The van der Waals surface area contributed by atoms with Crippen LogP contribution in [0, 0.1) is 0 Å². The van der Waals surface area contributed by atoms with Gasteiger partial charge in [-0.05, 0) is 18.2 Å². The van der Waals surface area contributed by atoms with Crippen LogP contribution in [0.4, 0.5) is 0 Å². The fourth-order valence-corrected chi connectivity index (χ4v) is 1.66. The van der Waals surface area contributed by atoms with Gasteiger partial charge in [0, 0.05) is 17.4 Å². The number of aromatic nitrogens is 2. The molecule has 0 radical (unpaired) electrons. The molecular weight excluding hydrogens is 266 g/mol. The molecular formula is C13H14ClN3O2. The lowest BCUT2D eigenvalue weighted by atomic mass is 10.3. The average molecular weight is 280 g/mol. The number of carbonyl (C=O) groups excluding carboxylic acids is 1. The third-order valence-electron chi connectivity index (χ3n) is 2.40. The van der Waals surface area contributed by atoms with Crippen LogP contribution in [0.1, 0.15) is 12.2 Å². The predicted octanol–water partition coefficient (Wildman–Crippen LogP) is 2.15. The average Bonchev–Trinajstić information content (AvgIpc) is 2.89. The number of H-pyrrole nitrogens is 1. The van der Waals surface area contributed by atoms with Crippen LogP contribution in [0.15, 0.2) is 36.7 Å². The summed E-state index contributed by atoms with van der Waals surface area (Å²) in [7, 11) is 0. The molecule has 2 N–H and O–H groups in total. The molecule has 0 aliphatic heterocycles. The van der Waals surface area contributed by atoms with Crippen molar-refractivity contribution in [2.45, 2.75) is 13.0 Å². The summed E-state index contributed by atoms with van der Waals surface area (Å²) in [6.07, 6.45) is 3.64. The molecule has 1 heterocycles. The largest absolute Gasteiger partial charge is 0.493 e. The van der Waals surface area contributed by atoms with Gasteiger partial charge in [-0.15, -0.1) is 0 Å². The van der Waals surface area contributed by atoms with Crippen LogP contribution in [-0.4, -0.2) is 22.5 Å². The van der Waals surface area contributed by atoms with Gasteiger partial charge in [0.05, 0.1) is 19.6 Å². The summed E-state index contributed by atoms with van der Waals surface area (Å²) in [6.45, 7) is 0.702. The second kappa shape index (κ2) is 6.80. The number of nitrogens with one attached hydrogen (secondary N) is 2. The molecule has 100 valence electrons. The number of halogens is 1. The van der Waals surface area contributed by atoms with E-state index in [0.717, 1.165) is 5.82 Å². The Labute approximate surface area is 116 Å². The normalized spacial score (nSPS) is 10.2. The number of benzene rings is 1. The van der Waals surface area contributed by atoms with Crippen molar-refractivity contribution in [3.05, 3.63) is 47.5 Å². The Morgan fingerprint density at radius 1 is 1.47 bits per heavy atom. The van der Waals surface area contributed by atoms with Gasteiger partial charge < -0.3 is 15.0 Å². The van der Waals surface area contributed by atoms with Crippen molar-refractivity contribution in [2.75, 3.05) is 6.61 Å². The van der Waals surface area contributed by atoms with E-state index in [2.05, 4.69) is 15.3 Å². The molecule has 1 amide bonds. The first-order chi connectivity index (χ1) is 9.24. The highest BCUT2D eigenvalue weighted by atomic mass is 35.5. The molecule has 0 aliphatic carbocycles. The van der Waals surface area contributed by atoms with Gasteiger partial charge in [-0.1, -0.05) is 17.7 Å². The van der Waals surface area contributed by atoms with Crippen LogP contribution >= 0.6 is 11.6 Å². The number of aromatic amines is 1. The monoisotopic (exact) mass is 279 g/mol. The lowest BCUT2D eigenvalue weighted by molar-refractivity contribution is -0.121. The summed E-state index contributed by atoms with van der Waals surface area (Å²) >= 11 is 5.82. The molecule has 0 aliphatic rings. The van der Waals surface area contributed by atoms with Crippen molar-refractivity contribution in [2.24, 2.45) is 0 Å². The van der Waals surface area contributed by atoms with Crippen molar-refractivity contribution in [1.82, 2.24) is 15.3 Å². The smallest absolute Gasteiger partial charge is 0.223 e. The Hall–Kier alpha value is -2.01. The first-order valence-electron chi connectivity index (χ1n) is 5.87. The van der Waals surface area contributed by atoms with Crippen LogP contribution < -0.4 is 10.1 Å². The summed E-state index contributed by atoms with van der Waals surface area (Å²) in [5.74, 6) is 1.30. The topological polar surface area (TPSA) is 67.0 Å². The Morgan fingerprint density at radius 3 is 3.11 bits per heavy atom. The molecule has 0 saturated carbocycles. The molecule has 0 unspecified atom stereocenters. The van der Waals surface area contributed by atoms with E-state index in [1.54, 1.807) is 36.7 Å². The SMILES string of the molecule is O=C(CCOc1cccc(Cl)c1)NCc1ncc[nH]1. The van der Waals surface area contributed by atoms with E-state index in [-0.39, 0.29) is 12.3 Å². The zero-order valence-corrected chi connectivity index (χ0v) is 11.0. The summed E-state index contributed by atoms with van der Waals surface area (Å²) in [6, 6.07) is 7.08. The maximum Gasteiger partial charge on any atom is 0.223 e. The maximum absolute atomic E-state index is 11.5. The second-order valence-corrected chi connectivity index (χ2v) is 4.30. The van der Waals surface area contributed by atoms with E-state index in [0.29, 0.717) is 23.9 Å². The van der Waals surface area contributed by atoms with E-state index >= 15 is 0 Å². The van der Waals surface area contributed by atoms with Gasteiger partial charge in [-0.2, -0.15) is 0 Å². The molecule has 2 rings (SSSR count). The highest BCUT2D eigenvalue weighted by Gasteiger charge is 2.03. The molecule has 0 bridgehead atoms. The van der Waals surface area contributed by atoms with Crippen molar-refractivity contribution in [3.63, 3.8) is 0 Å². The number of nitrogens with zero attached hydrogens (tertiary/aromatic N) is 1. The molecule has 2 aromatic rings. The minimum absolute atomic E-state index is 0.0848. The van der Waals surface area contributed by atoms with Gasteiger partial charge >= 0.3 is 0 Å². The van der Waals surface area contributed by atoms with Crippen LogP contribution in [0.2, 0.25) is 5.02 Å². The van der Waals surface area contributed by atoms with Gasteiger partial charge in [-0.3, -0.25) is 4.79 Å². The van der Waals surface area contributed by atoms with E-state index in [4.69, 9.17) is 16.3 Å². The Morgan fingerprint density at radius 2 is 2.37 bits per heavy atom. The zero-order valence-electron chi connectivity index (χ0n) is 10.2. The van der Waals surface area contributed by atoms with Crippen molar-refractivity contribution in [1.29, 1.82) is 0 Å². The fourth-order valence-electron chi connectivity index (χ4n) is 1.48. The summed E-state index contributed by atoms with van der Waals surface area (Å²) in [5.41, 5.74) is 0. The lowest BCUT2D eigenvalue weighted by Gasteiger charge is -2.06. The van der Waals surface area contributed by atoms with Crippen LogP contribution in [0.3, 0.4) is 0 Å². The zero-order chi connectivity index (χ0) is 13.5. The highest BCUT2D eigenvalue weighted by molar-refractivity contribution is 6.30. The summed E-state index contributed by atoms with van der Waals surface area (Å²) in [4.78, 5) is 18.5. The molecule has 1 aromatic heterocycles. The summed E-state index contributed by atoms with van der Waals surface area (Å²) in [5, 5.41) is 3.35. The lowest BCUT2D eigenvalue weighted by Crippen LogP contribution is -2.24. The number of carbonyl (C=O) groups is 1. The molecule has 6 heteroatoms. The van der Waals surface area contributed by atoms with Gasteiger partial charge in [0.1, 0.15) is 11.6 Å². The standard InChI is InChI=1S/C13H14ClN3O2/c14-10-2-1-3-11(8-10)19-7-4-13(18)17-9-12-15-5-6-16-12/h1-3,5-6,8H,4,7,9H2,(H,15,16)(H,17,18). The minimum Gasteiger partial charge on any atom is -0.493 e. The molecule has 19 heavy (non-hydrogen) atoms. The van der Waals surface area contributed by atoms with E-state index in [9.17, 15) is 4.79 Å². The Kier molecular flexibility index (Phi) is 4.80. The van der Waals surface area contributed by atoms with Crippen molar-refractivity contribution < 1.29 is 9.53 Å². The van der Waals surface area contributed by atoms with E-state index in [1.807, 2.05) is 0 Å². The van der Waals surface area contributed by atoms with Gasteiger partial charge in [-0.25, -0.2) is 4.98 Å². The quantitative estimate of drug-likeness (QED) is 0.851. The third kappa shape index (κ3) is 4.63. The first-order valence-corrected chi connectivity index (χ1v) is 6.25. The number of imidazole rings is 1. The first kappa shape index (κ1) is 13.4. The Bertz CT molecular complexity index is 528. The molecule has 0 saturated heterocycles. The van der Waals surface area contributed by atoms with E-state index in [1.165, 1.54) is 0 Å². The third-order valence-corrected chi connectivity index (χ3v) is 2.64. The number of amides is 1. The van der Waals surface area contributed by atoms with Crippen LogP contribution in [-0.2, 0) is 11.3 Å². The second-order valence-electron chi connectivity index (χ2n) is 3.87. The van der Waals surface area contributed by atoms with Gasteiger partial charge in [0.15, 0.2) is 0 Å². The van der Waals surface area contributed by atoms with Crippen molar-refractivity contribution in [3.8, 4) is 5.75 Å². The fraction of sp³-hybridized carbons (Fsp3) is 0.231. The van der Waals surface area contributed by atoms with Crippen molar-refractivity contribution >= 4 is 17.5 Å². The predicted molar refractivity (Wildman–Crippen MR) is 72.0 cm³/mol. The van der Waals surface area contributed by atoms with E-state index < -0.39 is 0 Å². The van der Waals surface area contributed by atoms with Gasteiger partial charge in [0.25, 0.3) is 0 Å². The van der Waals surface area contributed by atoms with Crippen LogP contribution in [0.25, 0.3) is 0 Å². The molecule has 0 fully saturated rings. The number of ether oxygens (including phenoxy) is 1.